The van der Waals surface area contributed by atoms with Crippen LogP contribution >= 0.6 is 0 Å². The van der Waals surface area contributed by atoms with Gasteiger partial charge in [-0.05, 0) is 29.7 Å². The molecule has 0 unspecified atom stereocenters. The summed E-state index contributed by atoms with van der Waals surface area (Å²) in [6.07, 6.45) is 4.08. The van der Waals surface area contributed by atoms with Crippen molar-refractivity contribution in [3.8, 4) is 22.6 Å². The molecule has 180 valence electrons. The number of aryl methyl sites for hydroxylation is 1. The van der Waals surface area contributed by atoms with E-state index in [-0.39, 0.29) is 24.8 Å². The molecule has 1 aliphatic heterocycles. The quantitative estimate of drug-likeness (QED) is 0.375. The lowest BCUT2D eigenvalue weighted by atomic mass is 10.1. The van der Waals surface area contributed by atoms with Crippen LogP contribution in [0.5, 0.6) is 11.5 Å². The van der Waals surface area contributed by atoms with Crippen molar-refractivity contribution in [2.24, 2.45) is 0 Å². The second-order valence-electron chi connectivity index (χ2n) is 8.29. The summed E-state index contributed by atoms with van der Waals surface area (Å²) >= 11 is 0. The molecule has 0 aliphatic carbocycles. The SMILES string of the molecule is COCCCn1cnc2c(-c3ccccc3)cn(CC(=O)NCc3ccc4c(c3)OCO4)c2c1=O. The van der Waals surface area contributed by atoms with Crippen molar-refractivity contribution < 1.29 is 19.0 Å². The first kappa shape index (κ1) is 22.7. The van der Waals surface area contributed by atoms with Gasteiger partial charge in [0.2, 0.25) is 12.7 Å². The summed E-state index contributed by atoms with van der Waals surface area (Å²) in [4.78, 5) is 30.8. The molecule has 1 aliphatic rings. The standard InChI is InChI=1S/C26H26N4O5/c1-33-11-5-10-29-16-28-24-20(19-6-3-2-4-7-19)14-30(25(24)26(29)32)15-23(31)27-13-18-8-9-21-22(12-18)35-17-34-21/h2-4,6-9,12,14,16H,5,10-11,13,15,17H2,1H3,(H,27,31). The number of fused-ring (bicyclic) bond motifs is 2. The van der Waals surface area contributed by atoms with Gasteiger partial charge in [0.15, 0.2) is 11.5 Å². The highest BCUT2D eigenvalue weighted by atomic mass is 16.7. The Kier molecular flexibility index (Phi) is 6.49. The second-order valence-corrected chi connectivity index (χ2v) is 8.29. The largest absolute Gasteiger partial charge is 0.454 e. The molecule has 9 nitrogen and oxygen atoms in total. The monoisotopic (exact) mass is 474 g/mol. The zero-order chi connectivity index (χ0) is 24.2. The lowest BCUT2D eigenvalue weighted by Gasteiger charge is -2.09. The van der Waals surface area contributed by atoms with Crippen molar-refractivity contribution in [2.75, 3.05) is 20.5 Å². The molecular weight excluding hydrogens is 448 g/mol. The summed E-state index contributed by atoms with van der Waals surface area (Å²) in [5, 5.41) is 2.93. The number of carbonyl (C=O) groups excluding carboxylic acids is 1. The summed E-state index contributed by atoms with van der Waals surface area (Å²) in [5.41, 5.74) is 3.44. The topological polar surface area (TPSA) is 96.6 Å². The number of aromatic nitrogens is 3. The molecule has 2 aromatic heterocycles. The molecule has 0 saturated heterocycles. The minimum absolute atomic E-state index is 0.00705. The third kappa shape index (κ3) is 4.76. The maximum atomic E-state index is 13.4. The Morgan fingerprint density at radius 2 is 1.94 bits per heavy atom. The van der Waals surface area contributed by atoms with Gasteiger partial charge in [-0.25, -0.2) is 4.98 Å². The van der Waals surface area contributed by atoms with Gasteiger partial charge in [-0.3, -0.25) is 14.2 Å². The average Bonchev–Trinajstić information content (AvgIpc) is 3.49. The molecule has 0 saturated carbocycles. The molecule has 2 aromatic carbocycles. The van der Waals surface area contributed by atoms with Crippen LogP contribution in [0.2, 0.25) is 0 Å². The number of amides is 1. The van der Waals surface area contributed by atoms with Crippen LogP contribution in [0, 0.1) is 0 Å². The fraction of sp³-hybridized carbons (Fsp3) is 0.269. The maximum Gasteiger partial charge on any atom is 0.277 e. The van der Waals surface area contributed by atoms with Crippen molar-refractivity contribution in [2.45, 2.75) is 26.1 Å². The number of rotatable bonds is 9. The van der Waals surface area contributed by atoms with Crippen LogP contribution in [0.15, 0.2) is 65.8 Å². The Morgan fingerprint density at radius 3 is 2.77 bits per heavy atom. The van der Waals surface area contributed by atoms with E-state index in [1.165, 1.54) is 0 Å². The Balaban J connectivity index is 1.41. The van der Waals surface area contributed by atoms with Crippen LogP contribution in [0.4, 0.5) is 0 Å². The van der Waals surface area contributed by atoms with Gasteiger partial charge in [-0.2, -0.15) is 0 Å². The van der Waals surface area contributed by atoms with E-state index in [1.807, 2.05) is 54.7 Å². The van der Waals surface area contributed by atoms with E-state index in [4.69, 9.17) is 14.2 Å². The normalized spacial score (nSPS) is 12.3. The summed E-state index contributed by atoms with van der Waals surface area (Å²) in [6.45, 7) is 1.56. The van der Waals surface area contributed by atoms with Gasteiger partial charge in [0.1, 0.15) is 17.6 Å². The van der Waals surface area contributed by atoms with Crippen molar-refractivity contribution in [1.29, 1.82) is 0 Å². The molecule has 5 rings (SSSR count). The highest BCUT2D eigenvalue weighted by molar-refractivity contribution is 5.93. The number of nitrogens with one attached hydrogen (secondary N) is 1. The summed E-state index contributed by atoms with van der Waals surface area (Å²) in [5.74, 6) is 1.15. The van der Waals surface area contributed by atoms with Crippen LogP contribution < -0.4 is 20.3 Å². The van der Waals surface area contributed by atoms with Crippen LogP contribution in [-0.2, 0) is 29.2 Å². The zero-order valence-electron chi connectivity index (χ0n) is 19.4. The van der Waals surface area contributed by atoms with Crippen LogP contribution in [0.1, 0.15) is 12.0 Å². The van der Waals surface area contributed by atoms with Crippen LogP contribution in [0.25, 0.3) is 22.2 Å². The summed E-state index contributed by atoms with van der Waals surface area (Å²) in [7, 11) is 1.63. The van der Waals surface area contributed by atoms with E-state index in [0.29, 0.717) is 48.6 Å². The Labute approximate surface area is 201 Å². The van der Waals surface area contributed by atoms with E-state index in [0.717, 1.165) is 16.7 Å². The van der Waals surface area contributed by atoms with Crippen molar-refractivity contribution in [3.63, 3.8) is 0 Å². The number of benzene rings is 2. The van der Waals surface area contributed by atoms with E-state index < -0.39 is 0 Å². The Bertz CT molecular complexity index is 1410. The van der Waals surface area contributed by atoms with Gasteiger partial charge in [-0.1, -0.05) is 36.4 Å². The van der Waals surface area contributed by atoms with Gasteiger partial charge < -0.3 is 24.1 Å². The fourth-order valence-electron chi connectivity index (χ4n) is 4.17. The van der Waals surface area contributed by atoms with Gasteiger partial charge in [0.25, 0.3) is 5.56 Å². The molecule has 0 radical (unpaired) electrons. The molecule has 1 N–H and O–H groups in total. The fourth-order valence-corrected chi connectivity index (χ4v) is 4.17. The van der Waals surface area contributed by atoms with E-state index in [1.54, 1.807) is 22.6 Å². The summed E-state index contributed by atoms with van der Waals surface area (Å²) in [6, 6.07) is 15.3. The van der Waals surface area contributed by atoms with Crippen molar-refractivity contribution in [3.05, 3.63) is 77.0 Å². The van der Waals surface area contributed by atoms with E-state index in [2.05, 4.69) is 10.3 Å². The molecular formula is C26H26N4O5. The van der Waals surface area contributed by atoms with Crippen LogP contribution in [-0.4, -0.2) is 40.5 Å². The van der Waals surface area contributed by atoms with Gasteiger partial charge in [0, 0.05) is 38.6 Å². The van der Waals surface area contributed by atoms with Crippen LogP contribution in [0.3, 0.4) is 0 Å². The smallest absolute Gasteiger partial charge is 0.277 e. The molecule has 9 heteroatoms. The lowest BCUT2D eigenvalue weighted by Crippen LogP contribution is -2.29. The first-order valence-electron chi connectivity index (χ1n) is 11.4. The third-order valence-corrected chi connectivity index (χ3v) is 5.91. The number of methoxy groups -OCH3 is 1. The number of hydrogen-bond acceptors (Lipinski definition) is 6. The van der Waals surface area contributed by atoms with Gasteiger partial charge in [0.05, 0.1) is 6.33 Å². The highest BCUT2D eigenvalue weighted by Gasteiger charge is 2.18. The molecule has 4 aromatic rings. The minimum atomic E-state index is -0.214. The minimum Gasteiger partial charge on any atom is -0.454 e. The second kappa shape index (κ2) is 10.0. The Hall–Kier alpha value is -4.11. The predicted molar refractivity (Wildman–Crippen MR) is 130 cm³/mol. The third-order valence-electron chi connectivity index (χ3n) is 5.91. The Morgan fingerprint density at radius 1 is 1.11 bits per heavy atom. The van der Waals surface area contributed by atoms with E-state index >= 15 is 0 Å². The molecule has 0 fully saturated rings. The van der Waals surface area contributed by atoms with Gasteiger partial charge in [-0.15, -0.1) is 0 Å². The molecule has 1 amide bonds. The van der Waals surface area contributed by atoms with Crippen molar-refractivity contribution in [1.82, 2.24) is 19.4 Å². The average molecular weight is 475 g/mol. The number of ether oxygens (including phenoxy) is 3. The number of nitrogens with zero attached hydrogens (tertiary/aromatic N) is 3. The molecule has 35 heavy (non-hydrogen) atoms. The number of hydrogen-bond donors (Lipinski definition) is 1. The number of carbonyl (C=O) groups is 1. The first-order valence-corrected chi connectivity index (χ1v) is 11.4. The zero-order valence-corrected chi connectivity index (χ0v) is 19.4. The molecule has 0 atom stereocenters. The summed E-state index contributed by atoms with van der Waals surface area (Å²) < 4.78 is 19.1. The molecule has 0 spiro atoms. The predicted octanol–water partition coefficient (Wildman–Crippen LogP) is 2.95. The molecule has 3 heterocycles. The van der Waals surface area contributed by atoms with E-state index in [9.17, 15) is 9.59 Å². The first-order chi connectivity index (χ1) is 17.1. The maximum absolute atomic E-state index is 13.4. The van der Waals surface area contributed by atoms with Crippen molar-refractivity contribution >= 4 is 16.9 Å². The highest BCUT2D eigenvalue weighted by Crippen LogP contribution is 2.32. The molecule has 0 bridgehead atoms. The lowest BCUT2D eigenvalue weighted by molar-refractivity contribution is -0.121. The van der Waals surface area contributed by atoms with Gasteiger partial charge >= 0.3 is 0 Å².